The van der Waals surface area contributed by atoms with Crippen molar-refractivity contribution in [2.24, 2.45) is 0 Å². The van der Waals surface area contributed by atoms with E-state index in [2.05, 4.69) is 15.5 Å². The highest BCUT2D eigenvalue weighted by molar-refractivity contribution is 5.34. The van der Waals surface area contributed by atoms with Crippen molar-refractivity contribution in [1.29, 1.82) is 0 Å². The van der Waals surface area contributed by atoms with Crippen LogP contribution in [0.1, 0.15) is 24.1 Å². The van der Waals surface area contributed by atoms with E-state index in [1.54, 1.807) is 0 Å². The van der Waals surface area contributed by atoms with E-state index in [1.807, 2.05) is 0 Å². The Morgan fingerprint density at radius 3 is 3.21 bits per heavy atom. The normalized spacial score (nSPS) is 25.3. The minimum atomic E-state index is 0.322. The number of hydrogen-bond donors (Lipinski definition) is 2. The second-order valence-electron chi connectivity index (χ2n) is 4.07. The van der Waals surface area contributed by atoms with Gasteiger partial charge in [0.15, 0.2) is 0 Å². The molecule has 76 valence electrons. The van der Waals surface area contributed by atoms with Crippen molar-refractivity contribution in [3.8, 4) is 5.88 Å². The van der Waals surface area contributed by atoms with Crippen LogP contribution in [0.4, 0.5) is 0 Å². The maximum Gasteiger partial charge on any atom is 0.236 e. The maximum atomic E-state index is 5.85. The molecule has 2 N–H and O–H groups in total. The number of hydrogen-bond acceptors (Lipinski definition) is 3. The summed E-state index contributed by atoms with van der Waals surface area (Å²) in [6.07, 6.45) is 4.92. The van der Waals surface area contributed by atoms with Crippen LogP contribution in [0.15, 0.2) is 0 Å². The lowest BCUT2D eigenvalue weighted by molar-refractivity contribution is 0.212. The molecule has 1 atom stereocenters. The van der Waals surface area contributed by atoms with Gasteiger partial charge in [-0.2, -0.15) is 0 Å². The zero-order valence-electron chi connectivity index (χ0n) is 8.18. The highest BCUT2D eigenvalue weighted by Gasteiger charge is 2.23. The van der Waals surface area contributed by atoms with Crippen LogP contribution in [-0.2, 0) is 12.8 Å². The zero-order chi connectivity index (χ0) is 9.38. The quantitative estimate of drug-likeness (QED) is 0.724. The Kier molecular flexibility index (Phi) is 1.94. The third kappa shape index (κ3) is 1.30. The minimum absolute atomic E-state index is 0.322. The molecular weight excluding hydrogens is 178 g/mol. The van der Waals surface area contributed by atoms with Crippen molar-refractivity contribution in [2.75, 3.05) is 13.1 Å². The highest BCUT2D eigenvalue weighted by Crippen LogP contribution is 2.28. The van der Waals surface area contributed by atoms with Gasteiger partial charge in [0.1, 0.15) is 6.10 Å². The highest BCUT2D eigenvalue weighted by atomic mass is 16.5. The van der Waals surface area contributed by atoms with E-state index >= 15 is 0 Å². The molecule has 4 heteroatoms. The molecule has 0 aromatic carbocycles. The predicted molar refractivity (Wildman–Crippen MR) is 52.5 cm³/mol. The number of nitrogens with one attached hydrogen (secondary N) is 2. The van der Waals surface area contributed by atoms with E-state index in [0.717, 1.165) is 38.2 Å². The summed E-state index contributed by atoms with van der Waals surface area (Å²) in [5, 5.41) is 10.6. The summed E-state index contributed by atoms with van der Waals surface area (Å²) in [7, 11) is 0. The molecule has 1 aliphatic carbocycles. The second kappa shape index (κ2) is 3.28. The molecule has 0 amide bonds. The van der Waals surface area contributed by atoms with Crippen LogP contribution >= 0.6 is 0 Å². The van der Waals surface area contributed by atoms with Crippen LogP contribution in [-0.4, -0.2) is 29.4 Å². The SMILES string of the molecule is C1Cc2[nH]nc(OC3CCNC3)c2C1. The maximum absolute atomic E-state index is 5.85. The molecule has 2 aliphatic rings. The van der Waals surface area contributed by atoms with Gasteiger partial charge in [0.05, 0.1) is 0 Å². The van der Waals surface area contributed by atoms with Crippen LogP contribution in [0.25, 0.3) is 0 Å². The van der Waals surface area contributed by atoms with Crippen LogP contribution in [0.5, 0.6) is 5.88 Å². The van der Waals surface area contributed by atoms with Crippen molar-refractivity contribution in [3.05, 3.63) is 11.3 Å². The Morgan fingerprint density at radius 2 is 2.36 bits per heavy atom. The lowest BCUT2D eigenvalue weighted by Crippen LogP contribution is -2.20. The molecule has 3 rings (SSSR count). The number of aromatic nitrogens is 2. The fraction of sp³-hybridized carbons (Fsp3) is 0.700. The van der Waals surface area contributed by atoms with Gasteiger partial charge in [-0.15, -0.1) is 5.10 Å². The van der Waals surface area contributed by atoms with Crippen molar-refractivity contribution in [1.82, 2.24) is 15.5 Å². The number of aromatic amines is 1. The number of fused-ring (bicyclic) bond motifs is 1. The van der Waals surface area contributed by atoms with Gasteiger partial charge in [-0.25, -0.2) is 0 Å². The number of aryl methyl sites for hydroxylation is 1. The van der Waals surface area contributed by atoms with Crippen LogP contribution in [0.3, 0.4) is 0 Å². The summed E-state index contributed by atoms with van der Waals surface area (Å²) >= 11 is 0. The van der Waals surface area contributed by atoms with Gasteiger partial charge in [0.25, 0.3) is 0 Å². The van der Waals surface area contributed by atoms with E-state index in [9.17, 15) is 0 Å². The molecule has 1 saturated heterocycles. The summed E-state index contributed by atoms with van der Waals surface area (Å²) < 4.78 is 5.85. The van der Waals surface area contributed by atoms with E-state index in [-0.39, 0.29) is 0 Å². The Hall–Kier alpha value is -1.03. The van der Waals surface area contributed by atoms with Crippen molar-refractivity contribution >= 4 is 0 Å². The fourth-order valence-corrected chi connectivity index (χ4v) is 2.27. The molecule has 1 aromatic rings. The summed E-state index contributed by atoms with van der Waals surface area (Å²) in [5.41, 5.74) is 2.60. The summed E-state index contributed by atoms with van der Waals surface area (Å²) in [4.78, 5) is 0. The molecule has 2 heterocycles. The molecule has 1 fully saturated rings. The van der Waals surface area contributed by atoms with Gasteiger partial charge in [-0.3, -0.25) is 5.10 Å². The van der Waals surface area contributed by atoms with Crippen LogP contribution in [0, 0.1) is 0 Å². The topological polar surface area (TPSA) is 49.9 Å². The second-order valence-corrected chi connectivity index (χ2v) is 4.07. The minimum Gasteiger partial charge on any atom is -0.472 e. The summed E-state index contributed by atoms with van der Waals surface area (Å²) in [5.74, 6) is 0.853. The smallest absolute Gasteiger partial charge is 0.236 e. The average Bonchev–Trinajstić information content (AvgIpc) is 2.85. The van der Waals surface area contributed by atoms with Crippen LogP contribution < -0.4 is 10.1 Å². The van der Waals surface area contributed by atoms with Gasteiger partial charge in [0, 0.05) is 17.8 Å². The summed E-state index contributed by atoms with van der Waals surface area (Å²) in [6, 6.07) is 0. The molecule has 0 radical (unpaired) electrons. The van der Waals surface area contributed by atoms with Crippen molar-refractivity contribution in [3.63, 3.8) is 0 Å². The Bertz CT molecular complexity index is 328. The largest absolute Gasteiger partial charge is 0.472 e. The van der Waals surface area contributed by atoms with Crippen molar-refractivity contribution in [2.45, 2.75) is 31.8 Å². The molecule has 0 bridgehead atoms. The van der Waals surface area contributed by atoms with E-state index in [0.29, 0.717) is 6.10 Å². The molecule has 1 aliphatic heterocycles. The standard InChI is InChI=1S/C10H15N3O/c1-2-8-9(3-1)12-13-10(8)14-7-4-5-11-6-7/h7,11H,1-6H2,(H,12,13). The lowest BCUT2D eigenvalue weighted by Gasteiger charge is -2.10. The van der Waals surface area contributed by atoms with Crippen LogP contribution in [0.2, 0.25) is 0 Å². The molecule has 0 spiro atoms. The number of rotatable bonds is 2. The monoisotopic (exact) mass is 193 g/mol. The van der Waals surface area contributed by atoms with E-state index < -0.39 is 0 Å². The Labute approximate surface area is 83.0 Å². The zero-order valence-corrected chi connectivity index (χ0v) is 8.18. The van der Waals surface area contributed by atoms with Gasteiger partial charge in [-0.05, 0) is 32.2 Å². The van der Waals surface area contributed by atoms with Gasteiger partial charge < -0.3 is 10.1 Å². The predicted octanol–water partition coefficient (Wildman–Crippen LogP) is 0.639. The number of ether oxygens (including phenoxy) is 1. The van der Waals surface area contributed by atoms with Gasteiger partial charge in [0.2, 0.25) is 5.88 Å². The van der Waals surface area contributed by atoms with Gasteiger partial charge in [-0.1, -0.05) is 0 Å². The average molecular weight is 193 g/mol. The van der Waals surface area contributed by atoms with E-state index in [4.69, 9.17) is 4.74 Å². The van der Waals surface area contributed by atoms with Gasteiger partial charge >= 0.3 is 0 Å². The third-order valence-corrected chi connectivity index (χ3v) is 3.06. The molecule has 14 heavy (non-hydrogen) atoms. The Balaban J connectivity index is 1.76. The molecule has 0 saturated carbocycles. The molecule has 4 nitrogen and oxygen atoms in total. The molecule has 1 aromatic heterocycles. The molecular formula is C10H15N3O. The lowest BCUT2D eigenvalue weighted by atomic mass is 10.2. The third-order valence-electron chi connectivity index (χ3n) is 3.06. The van der Waals surface area contributed by atoms with E-state index in [1.165, 1.54) is 17.7 Å². The Morgan fingerprint density at radius 1 is 1.36 bits per heavy atom. The first-order valence-electron chi connectivity index (χ1n) is 5.37. The molecule has 1 unspecified atom stereocenters. The summed E-state index contributed by atoms with van der Waals surface area (Å²) in [6.45, 7) is 2.03. The number of H-pyrrole nitrogens is 1. The first-order chi connectivity index (χ1) is 6.93. The first kappa shape index (κ1) is 8.29. The first-order valence-corrected chi connectivity index (χ1v) is 5.37. The van der Waals surface area contributed by atoms with Crippen molar-refractivity contribution < 1.29 is 4.74 Å². The number of nitrogens with zero attached hydrogens (tertiary/aromatic N) is 1. The fourth-order valence-electron chi connectivity index (χ4n) is 2.27.